The molecule has 51 heavy (non-hydrogen) atoms. The van der Waals surface area contributed by atoms with Gasteiger partial charge in [-0.3, -0.25) is 4.79 Å². The highest BCUT2D eigenvalue weighted by molar-refractivity contribution is 7.14. The Morgan fingerprint density at radius 2 is 2.00 bits per heavy atom. The minimum Gasteiger partial charge on any atom is -0.489 e. The monoisotopic (exact) mass is 709 g/mol. The van der Waals surface area contributed by atoms with Gasteiger partial charge < -0.3 is 25.6 Å². The number of piperidine rings is 2. The molecule has 8 rings (SSSR count). The number of carbonyl (C=O) groups excluding carboxylic acids is 1. The second-order valence-electron chi connectivity index (χ2n) is 13.9. The van der Waals surface area contributed by atoms with Gasteiger partial charge in [0.05, 0.1) is 29.3 Å². The lowest BCUT2D eigenvalue weighted by atomic mass is 10.0. The molecule has 0 aliphatic carbocycles. The Balaban J connectivity index is 1.01. The van der Waals surface area contributed by atoms with E-state index in [1.165, 1.54) is 41.3 Å². The minimum atomic E-state index is -0.487. The number of carbonyl (C=O) groups is 1. The molecule has 3 saturated heterocycles. The Hall–Kier alpha value is -5.07. The lowest BCUT2D eigenvalue weighted by Gasteiger charge is -2.36. The van der Waals surface area contributed by atoms with Crippen LogP contribution in [0.15, 0.2) is 42.9 Å². The van der Waals surface area contributed by atoms with Gasteiger partial charge in [0.1, 0.15) is 40.1 Å². The normalized spacial score (nSPS) is 22.0. The predicted molar refractivity (Wildman–Crippen MR) is 192 cm³/mol. The molecular formula is C36H40FN11O2S. The number of aryl methyl sites for hydroxylation is 2. The molecular weight excluding hydrogens is 670 g/mol. The first kappa shape index (κ1) is 33.1. The Morgan fingerprint density at radius 1 is 1.18 bits per heavy atom. The number of fused-ring (bicyclic) bond motifs is 3. The zero-order valence-electron chi connectivity index (χ0n) is 28.6. The topological polar surface area (TPSA) is 156 Å². The van der Waals surface area contributed by atoms with Gasteiger partial charge in [-0.1, -0.05) is 11.3 Å². The quantitative estimate of drug-likeness (QED) is 0.215. The van der Waals surface area contributed by atoms with Crippen LogP contribution in [0.25, 0.3) is 22.5 Å². The minimum absolute atomic E-state index is 0.109. The number of thiophene rings is 1. The van der Waals surface area contributed by atoms with Crippen LogP contribution in [0.4, 0.5) is 15.9 Å². The van der Waals surface area contributed by atoms with Crippen molar-refractivity contribution >= 4 is 34.3 Å². The van der Waals surface area contributed by atoms with E-state index in [9.17, 15) is 4.79 Å². The molecule has 13 nitrogen and oxygen atoms in total. The Kier molecular flexibility index (Phi) is 8.81. The second kappa shape index (κ2) is 13.6. The summed E-state index contributed by atoms with van der Waals surface area (Å²) >= 11 is 1.48. The molecule has 4 aromatic heterocycles. The summed E-state index contributed by atoms with van der Waals surface area (Å²) in [6.45, 7) is 3.32. The number of nitrogens with zero attached hydrogens (tertiary/aromatic N) is 9. The number of halogens is 1. The lowest BCUT2D eigenvalue weighted by Crippen LogP contribution is -2.48. The molecule has 2 unspecified atom stereocenters. The van der Waals surface area contributed by atoms with Gasteiger partial charge in [-0.25, -0.2) is 18.6 Å². The van der Waals surface area contributed by atoms with Crippen LogP contribution in [0.5, 0.6) is 5.75 Å². The third-order valence-electron chi connectivity index (χ3n) is 10.6. The number of nitrogens with one attached hydrogen (secondary N) is 1. The van der Waals surface area contributed by atoms with Crippen molar-refractivity contribution < 1.29 is 13.9 Å². The SMILES string of the molecule is Cc1cc(OC2CC3CCC(C2)N3C)c(C(=O)N[C@@H]2CCCN(c3cc(-c4ccc(-n5cc(CCC#N)nn5)c(F)c4)n4ncnc(N)c34)C2)s1. The summed E-state index contributed by atoms with van der Waals surface area (Å²) in [5.74, 6) is 0.390. The average molecular weight is 710 g/mol. The maximum absolute atomic E-state index is 15.6. The predicted octanol–water partition coefficient (Wildman–Crippen LogP) is 4.93. The number of nitrogen functional groups attached to an aromatic ring is 1. The molecule has 5 aromatic rings. The molecule has 15 heteroatoms. The largest absolute Gasteiger partial charge is 0.489 e. The summed E-state index contributed by atoms with van der Waals surface area (Å²) in [5, 5.41) is 24.8. The van der Waals surface area contributed by atoms with Gasteiger partial charge in [0, 0.05) is 54.5 Å². The first-order chi connectivity index (χ1) is 24.7. The van der Waals surface area contributed by atoms with Crippen LogP contribution in [0.2, 0.25) is 0 Å². The van der Waals surface area contributed by atoms with E-state index in [1.54, 1.807) is 22.8 Å². The van der Waals surface area contributed by atoms with Gasteiger partial charge >= 0.3 is 0 Å². The summed E-state index contributed by atoms with van der Waals surface area (Å²) in [4.78, 5) is 24.4. The lowest BCUT2D eigenvalue weighted by molar-refractivity contribution is 0.0652. The maximum atomic E-state index is 15.6. The molecule has 3 N–H and O–H groups in total. The summed E-state index contributed by atoms with van der Waals surface area (Å²) in [6.07, 6.45) is 9.98. The van der Waals surface area contributed by atoms with Crippen LogP contribution in [-0.2, 0) is 6.42 Å². The van der Waals surface area contributed by atoms with E-state index >= 15 is 4.39 Å². The van der Waals surface area contributed by atoms with Crippen LogP contribution in [0, 0.1) is 24.1 Å². The highest BCUT2D eigenvalue weighted by Gasteiger charge is 2.40. The molecule has 3 fully saturated rings. The van der Waals surface area contributed by atoms with Gasteiger partial charge in [0.25, 0.3) is 5.91 Å². The molecule has 3 atom stereocenters. The zero-order valence-corrected chi connectivity index (χ0v) is 29.4. The van der Waals surface area contributed by atoms with Gasteiger partial charge in [0.2, 0.25) is 0 Å². The number of benzene rings is 1. The number of hydrogen-bond donors (Lipinski definition) is 2. The van der Waals surface area contributed by atoms with E-state index in [4.69, 9.17) is 15.7 Å². The number of amides is 1. The fourth-order valence-electron chi connectivity index (χ4n) is 8.00. The van der Waals surface area contributed by atoms with Crippen molar-refractivity contribution in [1.82, 2.24) is 39.8 Å². The van der Waals surface area contributed by atoms with Gasteiger partial charge in [-0.15, -0.1) is 16.4 Å². The van der Waals surface area contributed by atoms with Crippen molar-refractivity contribution in [2.45, 2.75) is 82.5 Å². The van der Waals surface area contributed by atoms with Gasteiger partial charge in [0.15, 0.2) is 5.82 Å². The van der Waals surface area contributed by atoms with E-state index in [0.29, 0.717) is 70.4 Å². The first-order valence-electron chi connectivity index (χ1n) is 17.5. The zero-order chi connectivity index (χ0) is 35.2. The summed E-state index contributed by atoms with van der Waals surface area (Å²) in [6, 6.07) is 11.9. The molecule has 0 spiro atoms. The maximum Gasteiger partial charge on any atom is 0.265 e. The van der Waals surface area contributed by atoms with Crippen molar-refractivity contribution in [3.8, 4) is 28.8 Å². The molecule has 3 aliphatic rings. The third kappa shape index (κ3) is 6.38. The highest BCUT2D eigenvalue weighted by atomic mass is 32.1. The number of nitriles is 1. The second-order valence-corrected chi connectivity index (χ2v) is 15.1. The van der Waals surface area contributed by atoms with Crippen LogP contribution < -0.4 is 20.7 Å². The third-order valence-corrected chi connectivity index (χ3v) is 11.6. The standard InChI is InChI=1S/C36H40FN11O2S/c1-21-13-32(50-27-15-25-8-9-26(16-27)45(25)2)34(51-21)36(49)42-23-6-4-12-46(18-23)31-17-30(48-33(31)35(39)40-20-41-48)22-7-10-29(28(37)14-22)47-19-24(43-44-47)5-3-11-38/h7,10,13-14,17,19-20,23,25-27H,3-6,8-9,12,15-16,18H2,1-2H3,(H,42,49)(H2,39,40,41)/t23-,25?,26?,27?/m1/s1. The first-order valence-corrected chi connectivity index (χ1v) is 18.3. The summed E-state index contributed by atoms with van der Waals surface area (Å²) < 4.78 is 25.2. The molecule has 0 radical (unpaired) electrons. The van der Waals surface area contributed by atoms with E-state index in [0.717, 1.165) is 42.8 Å². The molecule has 1 amide bonds. The molecule has 0 saturated carbocycles. The van der Waals surface area contributed by atoms with Gasteiger partial charge in [-0.05, 0) is 76.8 Å². The summed E-state index contributed by atoms with van der Waals surface area (Å²) in [5.41, 5.74) is 9.99. The van der Waals surface area contributed by atoms with Gasteiger partial charge in [-0.2, -0.15) is 10.4 Å². The van der Waals surface area contributed by atoms with Crippen molar-refractivity contribution in [2.75, 3.05) is 30.8 Å². The number of nitrogens with two attached hydrogens (primary N) is 1. The molecule has 3 aliphatic heterocycles. The molecule has 1 aromatic carbocycles. The number of rotatable bonds is 9. The highest BCUT2D eigenvalue weighted by Crippen LogP contribution is 2.39. The van der Waals surface area contributed by atoms with Crippen LogP contribution in [0.3, 0.4) is 0 Å². The van der Waals surface area contributed by atoms with E-state index in [1.807, 2.05) is 19.1 Å². The Morgan fingerprint density at radius 3 is 2.78 bits per heavy atom. The van der Waals surface area contributed by atoms with Crippen molar-refractivity contribution in [1.29, 1.82) is 5.26 Å². The van der Waals surface area contributed by atoms with E-state index in [-0.39, 0.29) is 23.7 Å². The number of aromatic nitrogens is 6. The molecule has 2 bridgehead atoms. The van der Waals surface area contributed by atoms with E-state index in [2.05, 4.69) is 48.6 Å². The van der Waals surface area contributed by atoms with Crippen LogP contribution >= 0.6 is 11.3 Å². The molecule has 7 heterocycles. The Labute approximate surface area is 298 Å². The number of ether oxygens (including phenoxy) is 1. The van der Waals surface area contributed by atoms with Crippen LogP contribution in [0.1, 0.15) is 65.2 Å². The number of anilines is 2. The van der Waals surface area contributed by atoms with Crippen molar-refractivity contribution in [2.24, 2.45) is 0 Å². The molecule has 264 valence electrons. The smallest absolute Gasteiger partial charge is 0.265 e. The number of hydrogen-bond acceptors (Lipinski definition) is 11. The van der Waals surface area contributed by atoms with Crippen molar-refractivity contribution in [3.05, 3.63) is 64.1 Å². The summed E-state index contributed by atoms with van der Waals surface area (Å²) in [7, 11) is 2.22. The fourth-order valence-corrected chi connectivity index (χ4v) is 8.85. The average Bonchev–Trinajstić information content (AvgIpc) is 3.88. The van der Waals surface area contributed by atoms with E-state index < -0.39 is 5.82 Å². The van der Waals surface area contributed by atoms with Crippen LogP contribution in [-0.4, -0.2) is 84.8 Å². The van der Waals surface area contributed by atoms with Crippen molar-refractivity contribution in [3.63, 3.8) is 0 Å². The Bertz CT molecular complexity index is 2120. The fraction of sp³-hybridized carbons (Fsp3) is 0.444.